The number of anilines is 1. The SMILES string of the molecule is COc1ccc(N(CC(=O)N(Cc2c(Cl)cccc2Cl)C(Cc2ccccc2)C(=O)NCC(C)C)S(C)(=O)=O)c(OC)c1. The minimum Gasteiger partial charge on any atom is -0.497 e. The number of carbonyl (C=O) groups excluding carboxylic acids is 2. The van der Waals surface area contributed by atoms with E-state index >= 15 is 0 Å². The van der Waals surface area contributed by atoms with Crippen molar-refractivity contribution in [2.45, 2.75) is 32.9 Å². The molecule has 0 radical (unpaired) electrons. The fourth-order valence-corrected chi connectivity index (χ4v) is 5.79. The van der Waals surface area contributed by atoms with Gasteiger partial charge in [0.1, 0.15) is 24.1 Å². The van der Waals surface area contributed by atoms with Gasteiger partial charge in [0.25, 0.3) is 0 Å². The molecule has 0 spiro atoms. The van der Waals surface area contributed by atoms with Gasteiger partial charge in [-0.3, -0.25) is 13.9 Å². The van der Waals surface area contributed by atoms with Crippen LogP contribution in [0.2, 0.25) is 10.0 Å². The summed E-state index contributed by atoms with van der Waals surface area (Å²) in [7, 11) is -1.14. The lowest BCUT2D eigenvalue weighted by Crippen LogP contribution is -2.53. The molecule has 0 saturated carbocycles. The Hall–Kier alpha value is -3.47. The molecule has 0 aromatic heterocycles. The van der Waals surface area contributed by atoms with E-state index in [1.54, 1.807) is 24.3 Å². The number of hydrogen-bond acceptors (Lipinski definition) is 6. The Morgan fingerprint density at radius 2 is 1.58 bits per heavy atom. The summed E-state index contributed by atoms with van der Waals surface area (Å²) in [4.78, 5) is 29.4. The summed E-state index contributed by atoms with van der Waals surface area (Å²) in [6, 6.07) is 17.8. The average molecular weight is 651 g/mol. The van der Waals surface area contributed by atoms with Crippen LogP contribution in [0, 0.1) is 5.92 Å². The fraction of sp³-hybridized carbons (Fsp3) is 0.355. The van der Waals surface area contributed by atoms with E-state index < -0.39 is 28.5 Å². The van der Waals surface area contributed by atoms with E-state index in [4.69, 9.17) is 32.7 Å². The predicted molar refractivity (Wildman–Crippen MR) is 171 cm³/mol. The second-order valence-corrected chi connectivity index (χ2v) is 13.1. The number of nitrogens with zero attached hydrogens (tertiary/aromatic N) is 2. The number of hydrogen-bond donors (Lipinski definition) is 1. The minimum atomic E-state index is -4.00. The highest BCUT2D eigenvalue weighted by Gasteiger charge is 2.34. The molecule has 12 heteroatoms. The molecule has 0 heterocycles. The summed E-state index contributed by atoms with van der Waals surface area (Å²) >= 11 is 13.0. The third-order valence-electron chi connectivity index (χ3n) is 6.68. The zero-order valence-corrected chi connectivity index (χ0v) is 27.2. The minimum absolute atomic E-state index is 0.138. The Balaban J connectivity index is 2.13. The summed E-state index contributed by atoms with van der Waals surface area (Å²) in [5, 5.41) is 3.55. The van der Waals surface area contributed by atoms with Gasteiger partial charge in [0.2, 0.25) is 21.8 Å². The standard InChI is InChI=1S/C31H37Cl2N3O6S/c1-21(2)18-34-31(38)28(16-22-10-7-6-8-11-22)35(19-24-25(32)12-9-13-26(24)33)30(37)20-36(43(5,39)40)27-15-14-23(41-3)17-29(27)42-4/h6-15,17,21,28H,16,18-20H2,1-5H3,(H,34,38). The van der Waals surface area contributed by atoms with Crippen molar-refractivity contribution >= 4 is 50.7 Å². The van der Waals surface area contributed by atoms with Crippen molar-refractivity contribution in [2.24, 2.45) is 5.92 Å². The van der Waals surface area contributed by atoms with Crippen LogP contribution >= 0.6 is 23.2 Å². The van der Waals surface area contributed by atoms with Crippen LogP contribution in [0.1, 0.15) is 25.0 Å². The molecule has 2 amide bonds. The Morgan fingerprint density at radius 3 is 2.14 bits per heavy atom. The number of sulfonamides is 1. The highest BCUT2D eigenvalue weighted by atomic mass is 35.5. The van der Waals surface area contributed by atoms with Gasteiger partial charge in [0.05, 0.1) is 26.2 Å². The zero-order chi connectivity index (χ0) is 31.7. The maximum Gasteiger partial charge on any atom is 0.244 e. The molecule has 0 aliphatic heterocycles. The van der Waals surface area contributed by atoms with Crippen molar-refractivity contribution in [3.05, 3.63) is 87.9 Å². The van der Waals surface area contributed by atoms with Gasteiger partial charge in [0, 0.05) is 41.2 Å². The van der Waals surface area contributed by atoms with E-state index in [0.717, 1.165) is 16.1 Å². The summed E-state index contributed by atoms with van der Waals surface area (Å²) in [6.45, 7) is 3.56. The van der Waals surface area contributed by atoms with Crippen molar-refractivity contribution in [1.29, 1.82) is 0 Å². The molecule has 0 saturated heterocycles. The first-order valence-corrected chi connectivity index (χ1v) is 16.2. The normalized spacial score (nSPS) is 12.0. The van der Waals surface area contributed by atoms with Gasteiger partial charge in [-0.1, -0.05) is 73.4 Å². The summed E-state index contributed by atoms with van der Waals surface area (Å²) < 4.78 is 37.8. The van der Waals surface area contributed by atoms with Crippen LogP contribution < -0.4 is 19.1 Å². The monoisotopic (exact) mass is 649 g/mol. The van der Waals surface area contributed by atoms with Gasteiger partial charge in [-0.25, -0.2) is 8.42 Å². The first-order valence-electron chi connectivity index (χ1n) is 13.6. The highest BCUT2D eigenvalue weighted by molar-refractivity contribution is 7.92. The summed E-state index contributed by atoms with van der Waals surface area (Å²) in [6.07, 6.45) is 1.17. The zero-order valence-electron chi connectivity index (χ0n) is 24.8. The number of methoxy groups -OCH3 is 2. The number of halogens is 2. The van der Waals surface area contributed by atoms with Crippen LogP contribution in [-0.2, 0) is 32.6 Å². The second kappa shape index (κ2) is 15.3. The second-order valence-electron chi connectivity index (χ2n) is 10.4. The Kier molecular flexibility index (Phi) is 12.1. The molecule has 0 bridgehead atoms. The lowest BCUT2D eigenvalue weighted by molar-refractivity contribution is -0.140. The molecule has 0 aliphatic rings. The first-order chi connectivity index (χ1) is 20.3. The van der Waals surface area contributed by atoms with E-state index in [1.165, 1.54) is 31.3 Å². The molecule has 9 nitrogen and oxygen atoms in total. The molecule has 1 unspecified atom stereocenters. The molecule has 232 valence electrons. The van der Waals surface area contributed by atoms with Crippen molar-refractivity contribution in [3.8, 4) is 11.5 Å². The van der Waals surface area contributed by atoms with Crippen molar-refractivity contribution in [1.82, 2.24) is 10.2 Å². The quantitative estimate of drug-likeness (QED) is 0.258. The van der Waals surface area contributed by atoms with Crippen LogP contribution in [0.5, 0.6) is 11.5 Å². The molecule has 1 atom stereocenters. The summed E-state index contributed by atoms with van der Waals surface area (Å²) in [5.74, 6) is -0.234. The van der Waals surface area contributed by atoms with E-state index in [2.05, 4.69) is 5.32 Å². The van der Waals surface area contributed by atoms with Crippen molar-refractivity contribution in [3.63, 3.8) is 0 Å². The lowest BCUT2D eigenvalue weighted by atomic mass is 10.0. The third kappa shape index (κ3) is 9.26. The highest BCUT2D eigenvalue weighted by Crippen LogP contribution is 2.34. The maximum absolute atomic E-state index is 14.3. The van der Waals surface area contributed by atoms with Crippen LogP contribution in [0.15, 0.2) is 66.7 Å². The van der Waals surface area contributed by atoms with Crippen LogP contribution in [-0.4, -0.2) is 64.7 Å². The molecule has 3 aromatic carbocycles. The van der Waals surface area contributed by atoms with E-state index in [0.29, 0.717) is 27.9 Å². The fourth-order valence-electron chi connectivity index (χ4n) is 4.42. The third-order valence-corrected chi connectivity index (χ3v) is 8.52. The number of carbonyl (C=O) groups is 2. The van der Waals surface area contributed by atoms with Gasteiger partial charge >= 0.3 is 0 Å². The van der Waals surface area contributed by atoms with Crippen molar-refractivity contribution < 1.29 is 27.5 Å². The number of nitrogens with one attached hydrogen (secondary N) is 1. The molecule has 43 heavy (non-hydrogen) atoms. The van der Waals surface area contributed by atoms with E-state index in [9.17, 15) is 18.0 Å². The molecule has 0 fully saturated rings. The van der Waals surface area contributed by atoms with Crippen LogP contribution in [0.3, 0.4) is 0 Å². The van der Waals surface area contributed by atoms with Crippen LogP contribution in [0.25, 0.3) is 0 Å². The summed E-state index contributed by atoms with van der Waals surface area (Å²) in [5.41, 5.74) is 1.38. The Morgan fingerprint density at radius 1 is 0.930 bits per heavy atom. The first kappa shape index (κ1) is 34.0. The molecule has 3 rings (SSSR count). The van der Waals surface area contributed by atoms with Gasteiger partial charge < -0.3 is 19.7 Å². The lowest BCUT2D eigenvalue weighted by Gasteiger charge is -2.34. The number of benzene rings is 3. The van der Waals surface area contributed by atoms with Gasteiger partial charge in [0.15, 0.2) is 0 Å². The smallest absolute Gasteiger partial charge is 0.244 e. The molecular weight excluding hydrogens is 613 g/mol. The van der Waals surface area contributed by atoms with E-state index in [1.807, 2.05) is 44.2 Å². The average Bonchev–Trinajstić information content (AvgIpc) is 2.97. The largest absolute Gasteiger partial charge is 0.497 e. The van der Waals surface area contributed by atoms with Crippen LogP contribution in [0.4, 0.5) is 5.69 Å². The number of rotatable bonds is 14. The van der Waals surface area contributed by atoms with Gasteiger partial charge in [-0.15, -0.1) is 0 Å². The number of amides is 2. The molecular formula is C31H37Cl2N3O6S. The van der Waals surface area contributed by atoms with Gasteiger partial charge in [-0.2, -0.15) is 0 Å². The molecule has 1 N–H and O–H groups in total. The Bertz CT molecular complexity index is 1500. The van der Waals surface area contributed by atoms with E-state index in [-0.39, 0.29) is 36.2 Å². The maximum atomic E-state index is 14.3. The predicted octanol–water partition coefficient (Wildman–Crippen LogP) is 5.19. The Labute approximate surface area is 263 Å². The topological polar surface area (TPSA) is 105 Å². The van der Waals surface area contributed by atoms with Gasteiger partial charge in [-0.05, 0) is 35.7 Å². The number of ether oxygens (including phenoxy) is 2. The molecule has 0 aliphatic carbocycles. The molecule has 3 aromatic rings. The van der Waals surface area contributed by atoms with Crippen molar-refractivity contribution in [2.75, 3.05) is 37.9 Å².